The highest BCUT2D eigenvalue weighted by molar-refractivity contribution is 9.10. The van der Waals surface area contributed by atoms with Crippen molar-refractivity contribution in [2.45, 2.75) is 12.8 Å². The Morgan fingerprint density at radius 1 is 1.50 bits per heavy atom. The van der Waals surface area contributed by atoms with Crippen LogP contribution in [0.5, 0.6) is 0 Å². The molecule has 0 aliphatic heterocycles. The number of carbonyl (C=O) groups excluding carboxylic acids is 1. The highest BCUT2D eigenvalue weighted by Gasteiger charge is 2.07. The third-order valence-corrected chi connectivity index (χ3v) is 2.59. The molecule has 1 aromatic rings. The van der Waals surface area contributed by atoms with Crippen LogP contribution in [0.1, 0.15) is 12.0 Å². The first-order valence-corrected chi connectivity index (χ1v) is 5.08. The van der Waals surface area contributed by atoms with E-state index in [9.17, 15) is 9.18 Å². The maximum absolute atomic E-state index is 12.8. The van der Waals surface area contributed by atoms with E-state index in [0.717, 1.165) is 4.47 Å². The van der Waals surface area contributed by atoms with Gasteiger partial charge in [-0.3, -0.25) is 4.79 Å². The number of nitrogens with two attached hydrogens (primary N) is 1. The summed E-state index contributed by atoms with van der Waals surface area (Å²) in [5.41, 5.74) is 5.91. The number of ketones is 1. The molecule has 0 spiro atoms. The number of benzene rings is 1. The summed E-state index contributed by atoms with van der Waals surface area (Å²) in [6, 6.07) is 4.31. The smallest absolute Gasteiger partial charge is 0.138 e. The number of halogens is 2. The molecule has 0 radical (unpaired) electrons. The van der Waals surface area contributed by atoms with E-state index >= 15 is 0 Å². The predicted octanol–water partition coefficient (Wildman–Crippen LogP) is 2.05. The first-order chi connectivity index (χ1) is 6.63. The van der Waals surface area contributed by atoms with E-state index < -0.39 is 0 Å². The largest absolute Gasteiger partial charge is 0.330 e. The van der Waals surface area contributed by atoms with E-state index in [0.29, 0.717) is 18.5 Å². The topological polar surface area (TPSA) is 43.1 Å². The molecule has 0 fully saturated rings. The van der Waals surface area contributed by atoms with Crippen LogP contribution >= 0.6 is 15.9 Å². The summed E-state index contributed by atoms with van der Waals surface area (Å²) in [5, 5.41) is 0. The molecule has 0 aliphatic rings. The van der Waals surface area contributed by atoms with Gasteiger partial charge in [0.1, 0.15) is 11.6 Å². The second-order valence-corrected chi connectivity index (χ2v) is 3.84. The summed E-state index contributed by atoms with van der Waals surface area (Å²) in [4.78, 5) is 11.3. The molecule has 0 bridgehead atoms. The van der Waals surface area contributed by atoms with E-state index in [4.69, 9.17) is 5.73 Å². The maximum Gasteiger partial charge on any atom is 0.138 e. The Bertz CT molecular complexity index is 341. The second kappa shape index (κ2) is 5.22. The van der Waals surface area contributed by atoms with Gasteiger partial charge < -0.3 is 5.73 Å². The quantitative estimate of drug-likeness (QED) is 0.900. The highest BCUT2D eigenvalue weighted by atomic mass is 79.9. The zero-order chi connectivity index (χ0) is 10.6. The third-order valence-electron chi connectivity index (χ3n) is 1.82. The fourth-order valence-corrected chi connectivity index (χ4v) is 1.53. The van der Waals surface area contributed by atoms with Crippen molar-refractivity contribution >= 4 is 21.7 Å². The minimum atomic E-state index is -0.330. The van der Waals surface area contributed by atoms with Gasteiger partial charge in [-0.2, -0.15) is 0 Å². The fraction of sp³-hybridized carbons (Fsp3) is 0.300. The SMILES string of the molecule is NCCC(=O)Cc1cc(F)ccc1Br. The molecule has 0 saturated heterocycles. The van der Waals surface area contributed by atoms with E-state index in [1.807, 2.05) is 0 Å². The van der Waals surface area contributed by atoms with Crippen LogP contribution in [0.2, 0.25) is 0 Å². The van der Waals surface area contributed by atoms with Crippen molar-refractivity contribution in [2.75, 3.05) is 6.54 Å². The summed E-state index contributed by atoms with van der Waals surface area (Å²) >= 11 is 3.26. The standard InChI is InChI=1S/C10H11BrFNO/c11-10-2-1-8(12)5-7(10)6-9(14)3-4-13/h1-2,5H,3-4,6,13H2. The number of rotatable bonds is 4. The van der Waals surface area contributed by atoms with Gasteiger partial charge in [0.25, 0.3) is 0 Å². The second-order valence-electron chi connectivity index (χ2n) is 2.99. The van der Waals surface area contributed by atoms with Gasteiger partial charge in [0, 0.05) is 17.3 Å². The Kier molecular flexibility index (Phi) is 4.22. The highest BCUT2D eigenvalue weighted by Crippen LogP contribution is 2.18. The third kappa shape index (κ3) is 3.20. The molecule has 2 N–H and O–H groups in total. The van der Waals surface area contributed by atoms with Crippen molar-refractivity contribution in [3.05, 3.63) is 34.1 Å². The lowest BCUT2D eigenvalue weighted by molar-refractivity contribution is -0.118. The monoisotopic (exact) mass is 259 g/mol. The summed E-state index contributed by atoms with van der Waals surface area (Å²) in [5.74, 6) is -0.303. The summed E-state index contributed by atoms with van der Waals surface area (Å²) in [6.07, 6.45) is 0.568. The van der Waals surface area contributed by atoms with Crippen molar-refractivity contribution in [1.29, 1.82) is 0 Å². The Balaban J connectivity index is 2.75. The summed E-state index contributed by atoms with van der Waals surface area (Å²) in [6.45, 7) is 0.339. The Labute approximate surface area is 90.4 Å². The zero-order valence-corrected chi connectivity index (χ0v) is 9.18. The summed E-state index contributed by atoms with van der Waals surface area (Å²) in [7, 11) is 0. The van der Waals surface area contributed by atoms with E-state index in [1.54, 1.807) is 6.07 Å². The van der Waals surface area contributed by atoms with Crippen molar-refractivity contribution in [3.8, 4) is 0 Å². The molecule has 0 saturated carbocycles. The molecule has 1 aromatic carbocycles. The molecular formula is C10H11BrFNO. The lowest BCUT2D eigenvalue weighted by Gasteiger charge is -2.03. The Morgan fingerprint density at radius 2 is 2.21 bits per heavy atom. The molecule has 1 rings (SSSR count). The average molecular weight is 260 g/mol. The number of hydrogen-bond donors (Lipinski definition) is 1. The number of hydrogen-bond acceptors (Lipinski definition) is 2. The lowest BCUT2D eigenvalue weighted by Crippen LogP contribution is -2.10. The normalized spacial score (nSPS) is 10.2. The number of carbonyl (C=O) groups is 1. The van der Waals surface area contributed by atoms with Crippen LogP contribution in [0.15, 0.2) is 22.7 Å². The lowest BCUT2D eigenvalue weighted by atomic mass is 10.1. The molecule has 0 aromatic heterocycles. The molecule has 2 nitrogen and oxygen atoms in total. The van der Waals surface area contributed by atoms with Crippen LogP contribution in [-0.2, 0) is 11.2 Å². The minimum Gasteiger partial charge on any atom is -0.330 e. The van der Waals surface area contributed by atoms with Crippen molar-refractivity contribution in [1.82, 2.24) is 0 Å². The van der Waals surface area contributed by atoms with Gasteiger partial charge in [0.15, 0.2) is 0 Å². The molecule has 0 aliphatic carbocycles. The van der Waals surface area contributed by atoms with Crippen molar-refractivity contribution < 1.29 is 9.18 Å². The molecular weight excluding hydrogens is 249 g/mol. The Hall–Kier alpha value is -0.740. The molecule has 76 valence electrons. The Morgan fingerprint density at radius 3 is 2.86 bits per heavy atom. The van der Waals surface area contributed by atoms with Gasteiger partial charge in [-0.15, -0.1) is 0 Å². The molecule has 14 heavy (non-hydrogen) atoms. The average Bonchev–Trinajstić information content (AvgIpc) is 2.12. The van der Waals surface area contributed by atoms with Crippen LogP contribution in [-0.4, -0.2) is 12.3 Å². The molecule has 0 atom stereocenters. The van der Waals surface area contributed by atoms with Gasteiger partial charge in [0.2, 0.25) is 0 Å². The van der Waals surface area contributed by atoms with Crippen LogP contribution in [0.25, 0.3) is 0 Å². The molecule has 4 heteroatoms. The van der Waals surface area contributed by atoms with Gasteiger partial charge in [-0.1, -0.05) is 15.9 Å². The first-order valence-electron chi connectivity index (χ1n) is 4.29. The van der Waals surface area contributed by atoms with E-state index in [1.165, 1.54) is 12.1 Å². The number of Topliss-reactive ketones (excluding diaryl/α,β-unsaturated/α-hetero) is 1. The van der Waals surface area contributed by atoms with Crippen LogP contribution in [0, 0.1) is 5.82 Å². The van der Waals surface area contributed by atoms with E-state index in [-0.39, 0.29) is 18.0 Å². The van der Waals surface area contributed by atoms with Gasteiger partial charge in [-0.25, -0.2) is 4.39 Å². The molecule has 0 amide bonds. The maximum atomic E-state index is 12.8. The van der Waals surface area contributed by atoms with Gasteiger partial charge >= 0.3 is 0 Å². The molecule has 0 unspecified atom stereocenters. The van der Waals surface area contributed by atoms with Gasteiger partial charge in [-0.05, 0) is 30.3 Å². The minimum absolute atomic E-state index is 0.0267. The first kappa shape index (κ1) is 11.3. The van der Waals surface area contributed by atoms with Crippen LogP contribution in [0.4, 0.5) is 4.39 Å². The van der Waals surface area contributed by atoms with Crippen LogP contribution < -0.4 is 5.73 Å². The fourth-order valence-electron chi connectivity index (χ4n) is 1.14. The van der Waals surface area contributed by atoms with Gasteiger partial charge in [0.05, 0.1) is 0 Å². The zero-order valence-electron chi connectivity index (χ0n) is 7.59. The molecule has 0 heterocycles. The van der Waals surface area contributed by atoms with Crippen LogP contribution in [0.3, 0.4) is 0 Å². The van der Waals surface area contributed by atoms with Crippen molar-refractivity contribution in [2.24, 2.45) is 5.73 Å². The van der Waals surface area contributed by atoms with Crippen molar-refractivity contribution in [3.63, 3.8) is 0 Å². The predicted molar refractivity (Wildman–Crippen MR) is 56.5 cm³/mol. The van der Waals surface area contributed by atoms with E-state index in [2.05, 4.69) is 15.9 Å². The summed E-state index contributed by atoms with van der Waals surface area (Å²) < 4.78 is 13.6.